The molecule has 3 saturated carbocycles. The van der Waals surface area contributed by atoms with Gasteiger partial charge in [0, 0.05) is 9.84 Å². The summed E-state index contributed by atoms with van der Waals surface area (Å²) in [6.07, 6.45) is 10.1. The number of aliphatic hydroxyl groups is 1. The van der Waals surface area contributed by atoms with Gasteiger partial charge in [0.2, 0.25) is 0 Å². The van der Waals surface area contributed by atoms with Gasteiger partial charge in [0.15, 0.2) is 0 Å². The first-order chi connectivity index (χ1) is 11.3. The summed E-state index contributed by atoms with van der Waals surface area (Å²) in [6, 6.07) is 0. The number of carbonyl (C=O) groups is 1. The predicted molar refractivity (Wildman–Crippen MR) is 105 cm³/mol. The molecule has 4 aliphatic carbocycles. The molecule has 1 unspecified atom stereocenters. The van der Waals surface area contributed by atoms with Crippen LogP contribution in [-0.2, 0) is 4.79 Å². The highest BCUT2D eigenvalue weighted by atomic mass is 127. The van der Waals surface area contributed by atoms with E-state index in [2.05, 4.69) is 42.5 Å². The molecule has 0 amide bonds. The van der Waals surface area contributed by atoms with E-state index in [0.29, 0.717) is 15.6 Å². The minimum Gasteiger partial charge on any atom is -0.393 e. The number of ketones is 1. The molecule has 2 nitrogen and oxygen atoms in total. The smallest absolute Gasteiger partial charge is 0.133 e. The van der Waals surface area contributed by atoms with Crippen molar-refractivity contribution in [2.24, 2.45) is 34.5 Å². The van der Waals surface area contributed by atoms with Crippen LogP contribution in [0.1, 0.15) is 65.7 Å². The van der Waals surface area contributed by atoms with Crippen LogP contribution in [0.15, 0.2) is 11.6 Å². The fourth-order valence-electron chi connectivity index (χ4n) is 7.37. The maximum absolute atomic E-state index is 12.3. The lowest BCUT2D eigenvalue weighted by molar-refractivity contribution is -0.127. The van der Waals surface area contributed by atoms with Crippen LogP contribution >= 0.6 is 22.6 Å². The van der Waals surface area contributed by atoms with Crippen LogP contribution in [0.2, 0.25) is 0 Å². The van der Waals surface area contributed by atoms with E-state index in [1.165, 1.54) is 24.8 Å². The summed E-state index contributed by atoms with van der Waals surface area (Å²) >= 11 is 2.71. The van der Waals surface area contributed by atoms with Gasteiger partial charge in [0.05, 0.1) is 6.10 Å². The molecular formula is C21H31IO2. The molecular weight excluding hydrogens is 411 g/mol. The number of alkyl halides is 1. The van der Waals surface area contributed by atoms with Crippen LogP contribution in [0.4, 0.5) is 0 Å². The molecule has 0 aromatic heterocycles. The molecule has 0 aliphatic heterocycles. The van der Waals surface area contributed by atoms with Crippen LogP contribution in [0.5, 0.6) is 0 Å². The Hall–Kier alpha value is 0.1000. The van der Waals surface area contributed by atoms with Crippen molar-refractivity contribution < 1.29 is 9.90 Å². The Kier molecular flexibility index (Phi) is 4.23. The van der Waals surface area contributed by atoms with Gasteiger partial charge < -0.3 is 5.11 Å². The lowest BCUT2D eigenvalue weighted by Gasteiger charge is -2.59. The Balaban J connectivity index is 1.71. The fraction of sp³-hybridized carbons (Fsp3) is 0.857. The SMILES string of the molecule is CC(=O)[C@H]1CC[C@H]2[C@@H]3CC=C4C[C@@H](O)CC[C@]4(C)[C@H]3C(I)C[C@]12C. The minimum absolute atomic E-state index is 0.129. The van der Waals surface area contributed by atoms with E-state index in [1.807, 2.05) is 6.92 Å². The van der Waals surface area contributed by atoms with Gasteiger partial charge in [-0.1, -0.05) is 48.1 Å². The summed E-state index contributed by atoms with van der Waals surface area (Å²) < 4.78 is 0.651. The lowest BCUT2D eigenvalue weighted by atomic mass is 9.47. The lowest BCUT2D eigenvalue weighted by Crippen LogP contribution is -2.55. The van der Waals surface area contributed by atoms with E-state index in [-0.39, 0.29) is 22.9 Å². The van der Waals surface area contributed by atoms with Crippen molar-refractivity contribution in [3.05, 3.63) is 11.6 Å². The molecule has 0 spiro atoms. The van der Waals surface area contributed by atoms with Gasteiger partial charge >= 0.3 is 0 Å². The first-order valence-corrected chi connectivity index (χ1v) is 11.0. The van der Waals surface area contributed by atoms with E-state index in [4.69, 9.17) is 0 Å². The van der Waals surface area contributed by atoms with Crippen LogP contribution in [0, 0.1) is 34.5 Å². The molecule has 0 aromatic rings. The molecule has 134 valence electrons. The maximum Gasteiger partial charge on any atom is 0.133 e. The van der Waals surface area contributed by atoms with Gasteiger partial charge in [-0.3, -0.25) is 4.79 Å². The average molecular weight is 442 g/mol. The molecule has 0 aromatic carbocycles. The van der Waals surface area contributed by atoms with Gasteiger partial charge in [-0.15, -0.1) is 0 Å². The second-order valence-electron chi connectivity index (χ2n) is 9.54. The first-order valence-electron chi connectivity index (χ1n) is 9.79. The molecule has 1 N–H and O–H groups in total. The highest BCUT2D eigenvalue weighted by Gasteiger charge is 2.61. The topological polar surface area (TPSA) is 37.3 Å². The van der Waals surface area contributed by atoms with Crippen molar-refractivity contribution in [2.45, 2.75) is 75.7 Å². The Morgan fingerprint density at radius 2 is 2.04 bits per heavy atom. The zero-order valence-electron chi connectivity index (χ0n) is 15.2. The van der Waals surface area contributed by atoms with Crippen LogP contribution < -0.4 is 0 Å². The quantitative estimate of drug-likeness (QED) is 0.355. The third-order valence-electron chi connectivity index (χ3n) is 8.46. The van der Waals surface area contributed by atoms with Crippen molar-refractivity contribution in [1.82, 2.24) is 0 Å². The molecule has 0 bridgehead atoms. The van der Waals surface area contributed by atoms with E-state index < -0.39 is 0 Å². The summed E-state index contributed by atoms with van der Waals surface area (Å²) in [7, 11) is 0. The van der Waals surface area contributed by atoms with E-state index in [9.17, 15) is 9.90 Å². The largest absolute Gasteiger partial charge is 0.393 e. The molecule has 24 heavy (non-hydrogen) atoms. The molecule has 0 heterocycles. The maximum atomic E-state index is 12.3. The van der Waals surface area contributed by atoms with E-state index in [0.717, 1.165) is 37.5 Å². The number of hydrogen-bond donors (Lipinski definition) is 1. The zero-order chi connectivity index (χ0) is 17.3. The summed E-state index contributed by atoms with van der Waals surface area (Å²) in [5.74, 6) is 2.88. The normalized spacial score (nSPS) is 53.6. The molecule has 0 saturated heterocycles. The Labute approximate surface area is 160 Å². The number of carbonyl (C=O) groups excluding carboxylic acids is 1. The zero-order valence-corrected chi connectivity index (χ0v) is 17.4. The summed E-state index contributed by atoms with van der Waals surface area (Å²) in [6.45, 7) is 6.72. The van der Waals surface area contributed by atoms with Crippen LogP contribution in [0.25, 0.3) is 0 Å². The molecule has 3 fully saturated rings. The third-order valence-corrected chi connectivity index (χ3v) is 9.68. The molecule has 0 radical (unpaired) electrons. The van der Waals surface area contributed by atoms with Gasteiger partial charge in [-0.2, -0.15) is 0 Å². The fourth-order valence-corrected chi connectivity index (χ4v) is 9.64. The van der Waals surface area contributed by atoms with Crippen molar-refractivity contribution in [3.8, 4) is 0 Å². The summed E-state index contributed by atoms with van der Waals surface area (Å²) in [5, 5.41) is 10.1. The number of rotatable bonds is 1. The molecule has 8 atom stereocenters. The standard InChI is InChI=1S/C21H31IO2/c1-12(23)16-6-7-17-15-5-4-13-10-14(24)8-9-20(13,2)19(15)18(22)11-21(16,17)3/h4,14-19,24H,5-11H2,1-3H3/t14-,15-,16+,17-,18?,19+,20-,21+/m0/s1. The Morgan fingerprint density at radius 1 is 1.29 bits per heavy atom. The van der Waals surface area contributed by atoms with E-state index in [1.54, 1.807) is 0 Å². The van der Waals surface area contributed by atoms with Crippen molar-refractivity contribution >= 4 is 28.4 Å². The van der Waals surface area contributed by atoms with Gasteiger partial charge in [0.25, 0.3) is 0 Å². The van der Waals surface area contributed by atoms with Crippen molar-refractivity contribution in [1.29, 1.82) is 0 Å². The van der Waals surface area contributed by atoms with Gasteiger partial charge in [-0.25, -0.2) is 0 Å². The first kappa shape index (κ1) is 17.5. The molecule has 4 aliphatic rings. The molecule has 3 heteroatoms. The predicted octanol–water partition coefficient (Wildman–Crippen LogP) is 4.93. The van der Waals surface area contributed by atoms with Crippen molar-refractivity contribution in [3.63, 3.8) is 0 Å². The number of fused-ring (bicyclic) bond motifs is 5. The second-order valence-corrected chi connectivity index (χ2v) is 11.1. The highest BCUT2D eigenvalue weighted by molar-refractivity contribution is 14.1. The van der Waals surface area contributed by atoms with Crippen LogP contribution in [-0.4, -0.2) is 20.9 Å². The minimum atomic E-state index is -0.129. The molecule has 4 rings (SSSR count). The van der Waals surface area contributed by atoms with Gasteiger partial charge in [-0.05, 0) is 80.5 Å². The summed E-state index contributed by atoms with van der Waals surface area (Å²) in [5.41, 5.74) is 2.03. The number of aliphatic hydroxyl groups excluding tert-OH is 1. The monoisotopic (exact) mass is 442 g/mol. The van der Waals surface area contributed by atoms with Crippen molar-refractivity contribution in [2.75, 3.05) is 0 Å². The second kappa shape index (κ2) is 5.80. The number of allylic oxidation sites excluding steroid dienone is 1. The Bertz CT molecular complexity index is 584. The number of Topliss-reactive ketones (excluding diaryl/α,β-unsaturated/α-hetero) is 1. The average Bonchev–Trinajstić information content (AvgIpc) is 2.84. The number of halogens is 1. The number of hydrogen-bond acceptors (Lipinski definition) is 2. The summed E-state index contributed by atoms with van der Waals surface area (Å²) in [4.78, 5) is 12.3. The van der Waals surface area contributed by atoms with E-state index >= 15 is 0 Å². The third kappa shape index (κ3) is 2.32. The Morgan fingerprint density at radius 3 is 2.75 bits per heavy atom. The van der Waals surface area contributed by atoms with Crippen LogP contribution in [0.3, 0.4) is 0 Å². The highest BCUT2D eigenvalue weighted by Crippen LogP contribution is 2.67. The van der Waals surface area contributed by atoms with Gasteiger partial charge in [0.1, 0.15) is 5.78 Å².